The zero-order valence-electron chi connectivity index (χ0n) is 15.2. The number of hydrogen-bond donors (Lipinski definition) is 2. The Morgan fingerprint density at radius 3 is 2.65 bits per heavy atom. The summed E-state index contributed by atoms with van der Waals surface area (Å²) in [7, 11) is 1.80. The predicted molar refractivity (Wildman–Crippen MR) is 96.9 cm³/mol. The number of nitrogens with zero attached hydrogens (tertiary/aromatic N) is 2. The molecule has 0 radical (unpaired) electrons. The molecule has 5 heteroatoms. The van der Waals surface area contributed by atoms with Gasteiger partial charge in [0.1, 0.15) is 0 Å². The van der Waals surface area contributed by atoms with Crippen LogP contribution in [0.3, 0.4) is 0 Å². The molecule has 1 aromatic rings. The zero-order chi connectivity index (χ0) is 17.1. The summed E-state index contributed by atoms with van der Waals surface area (Å²) in [6, 6.07) is 2.07. The molecule has 0 saturated heterocycles. The van der Waals surface area contributed by atoms with Crippen LogP contribution in [-0.2, 0) is 11.2 Å². The molecular formula is C18H32N4O. The van der Waals surface area contributed by atoms with Crippen molar-refractivity contribution in [3.63, 3.8) is 0 Å². The van der Waals surface area contributed by atoms with Gasteiger partial charge in [-0.15, -0.1) is 0 Å². The van der Waals surface area contributed by atoms with Crippen LogP contribution in [0.15, 0.2) is 23.5 Å². The fourth-order valence-corrected chi connectivity index (χ4v) is 2.47. The quantitative estimate of drug-likeness (QED) is 0.542. The van der Waals surface area contributed by atoms with Crippen molar-refractivity contribution in [2.45, 2.75) is 46.6 Å². The minimum absolute atomic E-state index is 0.296. The third-order valence-electron chi connectivity index (χ3n) is 3.89. The summed E-state index contributed by atoms with van der Waals surface area (Å²) in [5.74, 6) is 1.37. The first-order valence-electron chi connectivity index (χ1n) is 8.54. The lowest BCUT2D eigenvalue weighted by Crippen LogP contribution is -2.40. The number of aliphatic imine (C=N–C) groups is 1. The maximum absolute atomic E-state index is 5.76. The maximum Gasteiger partial charge on any atom is 0.190 e. The van der Waals surface area contributed by atoms with Crippen molar-refractivity contribution >= 4 is 5.96 Å². The average Bonchev–Trinajstić information content (AvgIpc) is 2.54. The van der Waals surface area contributed by atoms with Gasteiger partial charge in [0.05, 0.1) is 6.10 Å². The molecule has 1 aromatic heterocycles. The van der Waals surface area contributed by atoms with E-state index >= 15 is 0 Å². The monoisotopic (exact) mass is 320 g/mol. The summed E-state index contributed by atoms with van der Waals surface area (Å²) in [4.78, 5) is 8.39. The van der Waals surface area contributed by atoms with Gasteiger partial charge in [0.2, 0.25) is 0 Å². The van der Waals surface area contributed by atoms with Crippen molar-refractivity contribution in [1.29, 1.82) is 0 Å². The molecule has 0 amide bonds. The average molecular weight is 320 g/mol. The number of ether oxygens (including phenoxy) is 1. The maximum atomic E-state index is 5.76. The SMILES string of the molecule is CCOC(CCNC(=NC)NCCc1ccncc1C)C(C)C. The highest BCUT2D eigenvalue weighted by Crippen LogP contribution is 2.09. The van der Waals surface area contributed by atoms with E-state index < -0.39 is 0 Å². The summed E-state index contributed by atoms with van der Waals surface area (Å²) in [6.45, 7) is 11.0. The number of pyridine rings is 1. The molecule has 0 aliphatic carbocycles. The van der Waals surface area contributed by atoms with Crippen LogP contribution in [0.5, 0.6) is 0 Å². The Morgan fingerprint density at radius 1 is 1.30 bits per heavy atom. The number of guanidine groups is 1. The standard InChI is InChI=1S/C18H32N4O/c1-6-23-17(14(2)3)9-12-22-18(19-5)21-11-8-16-7-10-20-13-15(16)4/h7,10,13-14,17H,6,8-9,11-12H2,1-5H3,(H2,19,21,22). The van der Waals surface area contributed by atoms with Crippen LogP contribution in [0.25, 0.3) is 0 Å². The highest BCUT2D eigenvalue weighted by molar-refractivity contribution is 5.79. The zero-order valence-corrected chi connectivity index (χ0v) is 15.2. The number of aromatic nitrogens is 1. The van der Waals surface area contributed by atoms with Crippen LogP contribution >= 0.6 is 0 Å². The van der Waals surface area contributed by atoms with Crippen LogP contribution < -0.4 is 10.6 Å². The van der Waals surface area contributed by atoms with Crippen molar-refractivity contribution in [3.8, 4) is 0 Å². The molecule has 2 N–H and O–H groups in total. The Hall–Kier alpha value is -1.62. The van der Waals surface area contributed by atoms with Gasteiger partial charge >= 0.3 is 0 Å². The lowest BCUT2D eigenvalue weighted by atomic mass is 10.0. The Balaban J connectivity index is 2.31. The normalized spacial score (nSPS) is 13.2. The second kappa shape index (κ2) is 11.0. The molecule has 0 spiro atoms. The summed E-state index contributed by atoms with van der Waals surface area (Å²) in [5, 5.41) is 6.72. The Kier molecular flexibility index (Phi) is 9.29. The van der Waals surface area contributed by atoms with E-state index in [4.69, 9.17) is 4.74 Å². The van der Waals surface area contributed by atoms with Gasteiger partial charge in [-0.05, 0) is 49.8 Å². The van der Waals surface area contributed by atoms with Gasteiger partial charge in [-0.25, -0.2) is 0 Å². The fraction of sp³-hybridized carbons (Fsp3) is 0.667. The first kappa shape index (κ1) is 19.4. The predicted octanol–water partition coefficient (Wildman–Crippen LogP) is 2.55. The molecule has 0 aromatic carbocycles. The topological polar surface area (TPSA) is 58.5 Å². The van der Waals surface area contributed by atoms with Crippen LogP contribution in [0, 0.1) is 12.8 Å². The molecule has 1 atom stereocenters. The number of hydrogen-bond acceptors (Lipinski definition) is 3. The van der Waals surface area contributed by atoms with E-state index in [-0.39, 0.29) is 0 Å². The molecule has 1 heterocycles. The smallest absolute Gasteiger partial charge is 0.190 e. The highest BCUT2D eigenvalue weighted by Gasteiger charge is 2.12. The van der Waals surface area contributed by atoms with Gasteiger partial charge in [0.15, 0.2) is 5.96 Å². The third-order valence-corrected chi connectivity index (χ3v) is 3.89. The van der Waals surface area contributed by atoms with Crippen molar-refractivity contribution in [1.82, 2.24) is 15.6 Å². The van der Waals surface area contributed by atoms with Gasteiger partial charge in [0.25, 0.3) is 0 Å². The minimum atomic E-state index is 0.296. The van der Waals surface area contributed by atoms with Crippen LogP contribution in [-0.4, -0.2) is 43.8 Å². The first-order chi connectivity index (χ1) is 11.1. The van der Waals surface area contributed by atoms with Crippen molar-refractivity contribution in [2.24, 2.45) is 10.9 Å². The van der Waals surface area contributed by atoms with Crippen molar-refractivity contribution < 1.29 is 4.74 Å². The number of rotatable bonds is 9. The van der Waals surface area contributed by atoms with Gasteiger partial charge < -0.3 is 15.4 Å². The molecule has 0 saturated carbocycles. The van der Waals surface area contributed by atoms with Crippen molar-refractivity contribution in [3.05, 3.63) is 29.6 Å². The van der Waals surface area contributed by atoms with Gasteiger partial charge in [0, 0.05) is 39.1 Å². The molecule has 1 rings (SSSR count). The summed E-state index contributed by atoms with van der Waals surface area (Å²) < 4.78 is 5.76. The molecule has 23 heavy (non-hydrogen) atoms. The van der Waals surface area contributed by atoms with Crippen LogP contribution in [0.2, 0.25) is 0 Å². The van der Waals surface area contributed by atoms with Crippen LogP contribution in [0.4, 0.5) is 0 Å². The molecule has 0 aliphatic heterocycles. The van der Waals surface area contributed by atoms with E-state index in [9.17, 15) is 0 Å². The summed E-state index contributed by atoms with van der Waals surface area (Å²) in [6.07, 6.45) is 5.99. The number of aryl methyl sites for hydroxylation is 1. The molecule has 5 nitrogen and oxygen atoms in total. The van der Waals surface area contributed by atoms with E-state index in [2.05, 4.69) is 47.4 Å². The minimum Gasteiger partial charge on any atom is -0.378 e. The van der Waals surface area contributed by atoms with E-state index in [1.807, 2.05) is 19.3 Å². The van der Waals surface area contributed by atoms with Gasteiger partial charge in [-0.2, -0.15) is 0 Å². The lowest BCUT2D eigenvalue weighted by Gasteiger charge is -2.21. The van der Waals surface area contributed by atoms with Gasteiger partial charge in [-0.3, -0.25) is 9.98 Å². The van der Waals surface area contributed by atoms with E-state index in [1.54, 1.807) is 7.05 Å². The van der Waals surface area contributed by atoms with E-state index in [1.165, 1.54) is 11.1 Å². The molecule has 0 bridgehead atoms. The van der Waals surface area contributed by atoms with Crippen molar-refractivity contribution in [2.75, 3.05) is 26.7 Å². The van der Waals surface area contributed by atoms with E-state index in [0.717, 1.165) is 38.5 Å². The Bertz CT molecular complexity index is 474. The van der Waals surface area contributed by atoms with E-state index in [0.29, 0.717) is 12.0 Å². The molecule has 0 aliphatic rings. The first-order valence-corrected chi connectivity index (χ1v) is 8.54. The summed E-state index contributed by atoms with van der Waals surface area (Å²) in [5.41, 5.74) is 2.55. The van der Waals surface area contributed by atoms with Crippen LogP contribution in [0.1, 0.15) is 38.3 Å². The Morgan fingerprint density at radius 2 is 2.04 bits per heavy atom. The Labute approximate surface area is 141 Å². The molecule has 130 valence electrons. The second-order valence-electron chi connectivity index (χ2n) is 6.00. The molecule has 0 fully saturated rings. The second-order valence-corrected chi connectivity index (χ2v) is 6.00. The molecular weight excluding hydrogens is 288 g/mol. The largest absolute Gasteiger partial charge is 0.378 e. The van der Waals surface area contributed by atoms with Gasteiger partial charge in [-0.1, -0.05) is 13.8 Å². The fourth-order valence-electron chi connectivity index (χ4n) is 2.47. The number of nitrogens with one attached hydrogen (secondary N) is 2. The lowest BCUT2D eigenvalue weighted by molar-refractivity contribution is 0.0258. The molecule has 1 unspecified atom stereocenters. The highest BCUT2D eigenvalue weighted by atomic mass is 16.5. The third kappa shape index (κ3) is 7.46. The summed E-state index contributed by atoms with van der Waals surface area (Å²) >= 11 is 0.